The van der Waals surface area contributed by atoms with Crippen molar-refractivity contribution in [2.45, 2.75) is 31.5 Å². The maximum Gasteiger partial charge on any atom is 0.227 e. The maximum absolute atomic E-state index is 11.9. The molecular weight excluding hydrogens is 500 g/mol. The van der Waals surface area contributed by atoms with Crippen LogP contribution in [0.1, 0.15) is 28.9 Å². The highest BCUT2D eigenvalue weighted by Crippen LogP contribution is 2.38. The van der Waals surface area contributed by atoms with Crippen LogP contribution in [0.3, 0.4) is 0 Å². The number of fused-ring (bicyclic) bond motifs is 3. The first kappa shape index (κ1) is 23.9. The number of rotatable bonds is 6. The molecule has 3 aromatic rings. The van der Waals surface area contributed by atoms with E-state index in [1.165, 1.54) is 10.6 Å². The Morgan fingerprint density at radius 3 is 2.50 bits per heavy atom. The Hall–Kier alpha value is -2.51. The molecule has 2 unspecified atom stereocenters. The number of anilines is 1. The molecule has 2 atom stereocenters. The third kappa shape index (κ3) is 4.41. The minimum Gasteiger partial charge on any atom is -0.377 e. The summed E-state index contributed by atoms with van der Waals surface area (Å²) in [6, 6.07) is 4.15. The van der Waals surface area contributed by atoms with Crippen molar-refractivity contribution in [3.63, 3.8) is 0 Å². The molecule has 3 aliphatic heterocycles. The Morgan fingerprint density at radius 2 is 1.86 bits per heavy atom. The molecule has 6 rings (SSSR count). The lowest BCUT2D eigenvalue weighted by Crippen LogP contribution is -2.47. The van der Waals surface area contributed by atoms with E-state index in [1.807, 2.05) is 6.07 Å². The normalized spacial score (nSPS) is 23.4. The lowest BCUT2D eigenvalue weighted by Gasteiger charge is -2.35. The van der Waals surface area contributed by atoms with Gasteiger partial charge < -0.3 is 9.64 Å². The van der Waals surface area contributed by atoms with Crippen LogP contribution in [0, 0.1) is 0 Å². The molecule has 3 saturated heterocycles. The summed E-state index contributed by atoms with van der Waals surface area (Å²) < 4.78 is 32.1. The second-order valence-corrected chi connectivity index (χ2v) is 12.5. The van der Waals surface area contributed by atoms with Gasteiger partial charge in [-0.15, -0.1) is 11.3 Å². The molecule has 0 saturated carbocycles. The highest BCUT2D eigenvalue weighted by atomic mass is 32.2. The first-order chi connectivity index (χ1) is 17.4. The van der Waals surface area contributed by atoms with Gasteiger partial charge in [-0.3, -0.25) is 14.7 Å². The predicted octanol–water partition coefficient (Wildman–Crippen LogP) is 2.01. The third-order valence-corrected chi connectivity index (χ3v) is 9.65. The van der Waals surface area contributed by atoms with Crippen LogP contribution in [0.15, 0.2) is 23.7 Å². The van der Waals surface area contributed by atoms with Crippen LogP contribution >= 0.6 is 11.3 Å². The van der Waals surface area contributed by atoms with Crippen LogP contribution in [0.4, 0.5) is 5.95 Å². The Balaban J connectivity index is 1.37. The summed E-state index contributed by atoms with van der Waals surface area (Å²) in [5.74, 6) is 0.717. The van der Waals surface area contributed by atoms with E-state index in [4.69, 9.17) is 14.7 Å². The Morgan fingerprint density at radius 1 is 1.11 bits per heavy atom. The van der Waals surface area contributed by atoms with Crippen LogP contribution < -0.4 is 4.90 Å². The van der Waals surface area contributed by atoms with Crippen molar-refractivity contribution >= 4 is 43.8 Å². The van der Waals surface area contributed by atoms with Crippen LogP contribution in [0.5, 0.6) is 0 Å². The van der Waals surface area contributed by atoms with Crippen LogP contribution in [-0.2, 0) is 21.3 Å². The van der Waals surface area contributed by atoms with Gasteiger partial charge in [0.2, 0.25) is 16.0 Å². The number of nitrogens with zero attached hydrogens (tertiary/aromatic N) is 6. The zero-order chi connectivity index (χ0) is 24.9. The minimum atomic E-state index is -3.17. The summed E-state index contributed by atoms with van der Waals surface area (Å²) in [5, 5.41) is 2.14. The molecular formula is C24H28N6O4S2. The van der Waals surface area contributed by atoms with Crippen molar-refractivity contribution in [3.05, 3.63) is 35.0 Å². The van der Waals surface area contributed by atoms with E-state index < -0.39 is 10.0 Å². The summed E-state index contributed by atoms with van der Waals surface area (Å²) in [7, 11) is -3.17. The minimum absolute atomic E-state index is 0.274. The lowest BCUT2D eigenvalue weighted by molar-refractivity contribution is 0.0898. The average molecular weight is 529 g/mol. The molecule has 6 heterocycles. The van der Waals surface area contributed by atoms with E-state index >= 15 is 0 Å². The van der Waals surface area contributed by atoms with Crippen LogP contribution in [0.2, 0.25) is 0 Å². The van der Waals surface area contributed by atoms with Crippen molar-refractivity contribution in [1.82, 2.24) is 24.2 Å². The quantitative estimate of drug-likeness (QED) is 0.444. The number of morpholine rings is 1. The number of carbonyl (C=O) groups is 1. The fraction of sp³-hybridized carbons (Fsp3) is 0.500. The summed E-state index contributed by atoms with van der Waals surface area (Å²) in [6.45, 7) is 4.43. The molecule has 3 aliphatic rings. The zero-order valence-electron chi connectivity index (χ0n) is 20.0. The number of pyridine rings is 1. The molecule has 3 fully saturated rings. The van der Waals surface area contributed by atoms with E-state index in [2.05, 4.69) is 20.2 Å². The number of thiophene rings is 1. The van der Waals surface area contributed by atoms with Gasteiger partial charge in [-0.1, -0.05) is 0 Å². The number of aromatic nitrogens is 3. The van der Waals surface area contributed by atoms with E-state index in [9.17, 15) is 13.2 Å². The van der Waals surface area contributed by atoms with Gasteiger partial charge in [-0.2, -0.15) is 4.31 Å². The molecule has 12 heteroatoms. The fourth-order valence-corrected chi connectivity index (χ4v) is 7.24. The Labute approximate surface area is 214 Å². The van der Waals surface area contributed by atoms with Crippen molar-refractivity contribution in [2.75, 3.05) is 50.5 Å². The van der Waals surface area contributed by atoms with E-state index in [1.54, 1.807) is 23.6 Å². The van der Waals surface area contributed by atoms with Gasteiger partial charge in [0.1, 0.15) is 5.69 Å². The molecule has 0 N–H and O–H groups in total. The highest BCUT2D eigenvalue weighted by Gasteiger charge is 2.39. The van der Waals surface area contributed by atoms with Crippen molar-refractivity contribution < 1.29 is 17.9 Å². The molecule has 0 aliphatic carbocycles. The number of ether oxygens (including phenoxy) is 1. The Kier molecular flexibility index (Phi) is 6.24. The molecule has 0 aromatic carbocycles. The predicted molar refractivity (Wildman–Crippen MR) is 138 cm³/mol. The van der Waals surface area contributed by atoms with Gasteiger partial charge in [0.05, 0.1) is 47.5 Å². The second-order valence-electron chi connectivity index (χ2n) is 9.67. The number of carbonyl (C=O) groups excluding carboxylic acids is 1. The fourth-order valence-electron chi connectivity index (χ4n) is 5.41. The molecule has 190 valence electrons. The second kappa shape index (κ2) is 9.42. The SMILES string of the molecule is CS(=O)(=O)N1CCN(Cc2csc3c(-c4ccc(C=O)nc4)nc(N4C5CCC4COC5)nc23)CC1. The summed E-state index contributed by atoms with van der Waals surface area (Å²) in [4.78, 5) is 30.1. The van der Waals surface area contributed by atoms with Crippen LogP contribution in [-0.4, -0.2) is 96.6 Å². The molecule has 36 heavy (non-hydrogen) atoms. The van der Waals surface area contributed by atoms with Gasteiger partial charge >= 0.3 is 0 Å². The maximum atomic E-state index is 11.9. The first-order valence-corrected chi connectivity index (χ1v) is 14.9. The van der Waals surface area contributed by atoms with Crippen molar-refractivity contribution in [2.24, 2.45) is 0 Å². The topological polar surface area (TPSA) is 109 Å². The monoisotopic (exact) mass is 528 g/mol. The number of hydrogen-bond acceptors (Lipinski definition) is 10. The van der Waals surface area contributed by atoms with Gasteiger partial charge in [-0.05, 0) is 30.4 Å². The summed E-state index contributed by atoms with van der Waals surface area (Å²) >= 11 is 1.61. The van der Waals surface area contributed by atoms with Crippen molar-refractivity contribution in [3.8, 4) is 11.3 Å². The molecule has 0 spiro atoms. The molecule has 3 aromatic heterocycles. The lowest BCUT2D eigenvalue weighted by atomic mass is 10.1. The molecule has 2 bridgehead atoms. The van der Waals surface area contributed by atoms with Gasteiger partial charge in [0.25, 0.3) is 0 Å². The number of piperazine rings is 1. The number of sulfonamides is 1. The van der Waals surface area contributed by atoms with Gasteiger partial charge in [-0.25, -0.2) is 18.4 Å². The molecule has 0 amide bonds. The van der Waals surface area contributed by atoms with Crippen LogP contribution in [0.25, 0.3) is 21.5 Å². The average Bonchev–Trinajstić information content (AvgIpc) is 3.39. The molecule has 0 radical (unpaired) electrons. The first-order valence-electron chi connectivity index (χ1n) is 12.1. The number of aldehydes is 1. The van der Waals surface area contributed by atoms with E-state index in [0.29, 0.717) is 57.6 Å². The van der Waals surface area contributed by atoms with Gasteiger partial charge in [0, 0.05) is 50.0 Å². The smallest absolute Gasteiger partial charge is 0.227 e. The third-order valence-electron chi connectivity index (χ3n) is 7.32. The van der Waals surface area contributed by atoms with Gasteiger partial charge in [0.15, 0.2) is 6.29 Å². The number of hydrogen-bond donors (Lipinski definition) is 0. The summed E-state index contributed by atoms with van der Waals surface area (Å²) in [6.07, 6.45) is 5.84. The molecule has 10 nitrogen and oxygen atoms in total. The zero-order valence-corrected chi connectivity index (χ0v) is 21.7. The van der Waals surface area contributed by atoms with Crippen molar-refractivity contribution in [1.29, 1.82) is 0 Å². The summed E-state index contributed by atoms with van der Waals surface area (Å²) in [5.41, 5.74) is 4.10. The van der Waals surface area contributed by atoms with E-state index in [-0.39, 0.29) is 12.1 Å². The Bertz CT molecular complexity index is 1370. The van der Waals surface area contributed by atoms with E-state index in [0.717, 1.165) is 46.2 Å². The standard InChI is InChI=1S/C24H28N6O4S2/c1-36(32,33)29-8-6-28(7-9-29)11-17-15-35-23-21(16-2-3-18(12-31)25-10-16)26-24(27-22(17)23)30-19-4-5-20(30)14-34-13-19/h2-3,10,12,15,19-20H,4-9,11,13-14H2,1H3. The highest BCUT2D eigenvalue weighted by molar-refractivity contribution is 7.88. The largest absolute Gasteiger partial charge is 0.377 e.